The van der Waals surface area contributed by atoms with E-state index in [4.69, 9.17) is 0 Å². The van der Waals surface area contributed by atoms with E-state index in [1.165, 1.54) is 6.92 Å². The van der Waals surface area contributed by atoms with Crippen LogP contribution in [0.15, 0.2) is 42.5 Å². The number of H-pyrrole nitrogens is 1. The van der Waals surface area contributed by atoms with Crippen molar-refractivity contribution in [2.75, 3.05) is 10.6 Å². The first-order valence-electron chi connectivity index (χ1n) is 7.72. The molecule has 5 nitrogen and oxygen atoms in total. The minimum Gasteiger partial charge on any atom is -0.350 e. The van der Waals surface area contributed by atoms with Crippen molar-refractivity contribution in [2.24, 2.45) is 0 Å². The molecule has 3 rings (SSSR count). The van der Waals surface area contributed by atoms with Crippen molar-refractivity contribution in [3.63, 3.8) is 0 Å². The number of aryl methyl sites for hydroxylation is 2. The molecule has 5 heteroatoms. The Morgan fingerprint density at radius 2 is 1.67 bits per heavy atom. The topological polar surface area (TPSA) is 74.0 Å². The number of hydrogen-bond acceptors (Lipinski definition) is 2. The average molecular weight is 321 g/mol. The first kappa shape index (κ1) is 15.8. The van der Waals surface area contributed by atoms with E-state index in [9.17, 15) is 9.59 Å². The Hall–Kier alpha value is -3.08. The third-order valence-electron chi connectivity index (χ3n) is 3.88. The van der Waals surface area contributed by atoms with Crippen molar-refractivity contribution >= 4 is 34.1 Å². The highest BCUT2D eigenvalue weighted by atomic mass is 16.2. The molecule has 3 N–H and O–H groups in total. The zero-order chi connectivity index (χ0) is 17.3. The number of hydrogen-bond donors (Lipinski definition) is 3. The Labute approximate surface area is 140 Å². The summed E-state index contributed by atoms with van der Waals surface area (Å²) in [6.07, 6.45) is 0. The molecule has 3 aromatic rings. The summed E-state index contributed by atoms with van der Waals surface area (Å²) in [6.45, 7) is 5.40. The number of fused-ring (bicyclic) bond motifs is 1. The number of amides is 2. The Kier molecular flexibility index (Phi) is 4.08. The minimum atomic E-state index is -0.207. The van der Waals surface area contributed by atoms with Crippen molar-refractivity contribution in [2.45, 2.75) is 20.8 Å². The van der Waals surface area contributed by atoms with Gasteiger partial charge in [-0.3, -0.25) is 9.59 Å². The third kappa shape index (κ3) is 3.15. The van der Waals surface area contributed by atoms with Gasteiger partial charge >= 0.3 is 0 Å². The number of benzene rings is 2. The van der Waals surface area contributed by atoms with Gasteiger partial charge in [0.25, 0.3) is 5.91 Å². The molecule has 0 spiro atoms. The number of nitrogens with one attached hydrogen (secondary N) is 3. The van der Waals surface area contributed by atoms with Crippen LogP contribution in [0.25, 0.3) is 10.9 Å². The van der Waals surface area contributed by atoms with Gasteiger partial charge < -0.3 is 15.6 Å². The van der Waals surface area contributed by atoms with Gasteiger partial charge in [-0.2, -0.15) is 0 Å². The summed E-state index contributed by atoms with van der Waals surface area (Å²) in [5, 5.41) is 6.61. The lowest BCUT2D eigenvalue weighted by molar-refractivity contribution is -0.114. The maximum absolute atomic E-state index is 12.6. The molecule has 0 atom stereocenters. The summed E-state index contributed by atoms with van der Waals surface area (Å²) in [5.41, 5.74) is 4.82. The smallest absolute Gasteiger partial charge is 0.272 e. The maximum atomic E-state index is 12.6. The first-order chi connectivity index (χ1) is 11.4. The van der Waals surface area contributed by atoms with Crippen LogP contribution in [0, 0.1) is 13.8 Å². The summed E-state index contributed by atoms with van der Waals surface area (Å²) in [5.74, 6) is -0.360. The molecule has 0 saturated heterocycles. The summed E-state index contributed by atoms with van der Waals surface area (Å²) in [6, 6.07) is 13.1. The van der Waals surface area contributed by atoms with Gasteiger partial charge in [0.15, 0.2) is 0 Å². The molecule has 0 aliphatic carbocycles. The fraction of sp³-hybridized carbons (Fsp3) is 0.158. The van der Waals surface area contributed by atoms with Crippen molar-refractivity contribution in [1.29, 1.82) is 0 Å². The lowest BCUT2D eigenvalue weighted by atomic mass is 10.1. The van der Waals surface area contributed by atoms with Gasteiger partial charge in [-0.25, -0.2) is 0 Å². The summed E-state index contributed by atoms with van der Waals surface area (Å²) >= 11 is 0. The standard InChI is InChI=1S/C19H19N3O2/c1-11-7-8-17-16(9-11)12(2)18(22-17)19(24)21-15-6-4-5-14(10-15)20-13(3)23/h4-10,22H,1-3H3,(H,20,23)(H,21,24). The molecule has 0 saturated carbocycles. The first-order valence-corrected chi connectivity index (χ1v) is 7.72. The van der Waals surface area contributed by atoms with Crippen LogP contribution in [0.3, 0.4) is 0 Å². The number of carbonyl (C=O) groups is 2. The predicted octanol–water partition coefficient (Wildman–Crippen LogP) is 4.00. The van der Waals surface area contributed by atoms with Gasteiger partial charge in [-0.1, -0.05) is 17.7 Å². The molecule has 1 heterocycles. The van der Waals surface area contributed by atoms with Crippen LogP contribution in [0.1, 0.15) is 28.5 Å². The van der Waals surface area contributed by atoms with E-state index < -0.39 is 0 Å². The Morgan fingerprint density at radius 3 is 2.38 bits per heavy atom. The SMILES string of the molecule is CC(=O)Nc1cccc(NC(=O)c2[nH]c3ccc(C)cc3c2C)c1. The zero-order valence-corrected chi connectivity index (χ0v) is 13.9. The van der Waals surface area contributed by atoms with Crippen LogP contribution in [-0.4, -0.2) is 16.8 Å². The van der Waals surface area contributed by atoms with Crippen LogP contribution in [0.2, 0.25) is 0 Å². The van der Waals surface area contributed by atoms with Gasteiger partial charge in [0.05, 0.1) is 0 Å². The summed E-state index contributed by atoms with van der Waals surface area (Å²) in [4.78, 5) is 26.9. The molecule has 0 aliphatic heterocycles. The second kappa shape index (κ2) is 6.20. The van der Waals surface area contributed by atoms with Gasteiger partial charge in [-0.05, 0) is 49.7 Å². The van der Waals surface area contributed by atoms with E-state index in [0.717, 1.165) is 22.0 Å². The van der Waals surface area contributed by atoms with E-state index in [-0.39, 0.29) is 11.8 Å². The predicted molar refractivity (Wildman–Crippen MR) is 96.5 cm³/mol. The van der Waals surface area contributed by atoms with Gasteiger partial charge in [0.2, 0.25) is 5.91 Å². The highest BCUT2D eigenvalue weighted by Gasteiger charge is 2.15. The van der Waals surface area contributed by atoms with E-state index in [0.29, 0.717) is 17.1 Å². The van der Waals surface area contributed by atoms with Crippen LogP contribution >= 0.6 is 0 Å². The van der Waals surface area contributed by atoms with Crippen molar-refractivity contribution in [1.82, 2.24) is 4.98 Å². The molecule has 122 valence electrons. The number of rotatable bonds is 3. The quantitative estimate of drug-likeness (QED) is 0.682. The summed E-state index contributed by atoms with van der Waals surface area (Å²) < 4.78 is 0. The van der Waals surface area contributed by atoms with E-state index in [1.54, 1.807) is 24.3 Å². The third-order valence-corrected chi connectivity index (χ3v) is 3.88. The normalized spacial score (nSPS) is 10.6. The van der Waals surface area contributed by atoms with Crippen molar-refractivity contribution in [3.8, 4) is 0 Å². The van der Waals surface area contributed by atoms with Gasteiger partial charge in [-0.15, -0.1) is 0 Å². The van der Waals surface area contributed by atoms with E-state index in [1.807, 2.05) is 26.0 Å². The van der Waals surface area contributed by atoms with Gasteiger partial charge in [0.1, 0.15) is 5.69 Å². The van der Waals surface area contributed by atoms with Crippen LogP contribution in [0.5, 0.6) is 0 Å². The van der Waals surface area contributed by atoms with Crippen LogP contribution in [0.4, 0.5) is 11.4 Å². The lowest BCUT2D eigenvalue weighted by Crippen LogP contribution is -2.14. The fourth-order valence-corrected chi connectivity index (χ4v) is 2.74. The highest BCUT2D eigenvalue weighted by Crippen LogP contribution is 2.24. The maximum Gasteiger partial charge on any atom is 0.272 e. The molecule has 1 aromatic heterocycles. The second-order valence-corrected chi connectivity index (χ2v) is 5.89. The van der Waals surface area contributed by atoms with Crippen molar-refractivity contribution in [3.05, 3.63) is 59.3 Å². The molecule has 0 fully saturated rings. The second-order valence-electron chi connectivity index (χ2n) is 5.89. The van der Waals surface area contributed by atoms with E-state index in [2.05, 4.69) is 21.7 Å². The molecule has 0 bridgehead atoms. The number of anilines is 2. The van der Waals surface area contributed by atoms with Crippen molar-refractivity contribution < 1.29 is 9.59 Å². The number of carbonyl (C=O) groups excluding carboxylic acids is 2. The van der Waals surface area contributed by atoms with E-state index >= 15 is 0 Å². The molecule has 0 aliphatic rings. The largest absolute Gasteiger partial charge is 0.350 e. The van der Waals surface area contributed by atoms with Gasteiger partial charge in [0, 0.05) is 29.2 Å². The number of aromatic amines is 1. The Morgan fingerprint density at radius 1 is 0.958 bits per heavy atom. The fourth-order valence-electron chi connectivity index (χ4n) is 2.74. The molecule has 2 amide bonds. The molecular formula is C19H19N3O2. The zero-order valence-electron chi connectivity index (χ0n) is 13.9. The highest BCUT2D eigenvalue weighted by molar-refractivity contribution is 6.08. The number of aromatic nitrogens is 1. The Bertz CT molecular complexity index is 941. The molecule has 0 unspecified atom stereocenters. The molecule has 2 aromatic carbocycles. The average Bonchev–Trinajstić information content (AvgIpc) is 2.84. The molecule has 24 heavy (non-hydrogen) atoms. The van der Waals surface area contributed by atoms with Crippen LogP contribution < -0.4 is 10.6 Å². The minimum absolute atomic E-state index is 0.152. The Balaban J connectivity index is 1.87. The monoisotopic (exact) mass is 321 g/mol. The summed E-state index contributed by atoms with van der Waals surface area (Å²) in [7, 11) is 0. The lowest BCUT2D eigenvalue weighted by Gasteiger charge is -2.07. The molecule has 0 radical (unpaired) electrons. The van der Waals surface area contributed by atoms with Crippen LogP contribution in [-0.2, 0) is 4.79 Å². The molecular weight excluding hydrogens is 302 g/mol.